The van der Waals surface area contributed by atoms with E-state index in [1.807, 2.05) is 41.3 Å². The van der Waals surface area contributed by atoms with Gasteiger partial charge in [-0.25, -0.2) is 0 Å². The summed E-state index contributed by atoms with van der Waals surface area (Å²) in [4.78, 5) is 4.21. The Kier molecular flexibility index (Phi) is 4.55. The minimum atomic E-state index is 0.494. The number of benzene rings is 2. The molecule has 0 N–H and O–H groups in total. The van der Waals surface area contributed by atoms with Crippen molar-refractivity contribution < 1.29 is 9.47 Å². The second-order valence-electron chi connectivity index (χ2n) is 4.80. The molecule has 3 rings (SSSR count). The number of rotatable bonds is 3. The maximum atomic E-state index is 5.96. The summed E-state index contributed by atoms with van der Waals surface area (Å²) in [5.74, 6) is 2.39. The quantitative estimate of drug-likeness (QED) is 0.631. The van der Waals surface area contributed by atoms with Crippen LogP contribution in [0.3, 0.4) is 0 Å². The van der Waals surface area contributed by atoms with E-state index in [0.717, 1.165) is 34.4 Å². The Morgan fingerprint density at radius 2 is 1.82 bits per heavy atom. The maximum Gasteiger partial charge on any atom is 0.264 e. The van der Waals surface area contributed by atoms with Crippen LogP contribution in [0.1, 0.15) is 13.8 Å². The molecule has 3 nitrogen and oxygen atoms in total. The summed E-state index contributed by atoms with van der Waals surface area (Å²) >= 11 is 7.03. The maximum absolute atomic E-state index is 5.96. The Labute approximate surface area is 140 Å². The van der Waals surface area contributed by atoms with Crippen molar-refractivity contribution in [1.29, 1.82) is 0 Å². The zero-order chi connectivity index (χ0) is 15.5. The van der Waals surface area contributed by atoms with Crippen molar-refractivity contribution >= 4 is 29.2 Å². The Balaban J connectivity index is 1.80. The first-order chi connectivity index (χ1) is 10.7. The van der Waals surface area contributed by atoms with E-state index >= 15 is 0 Å². The van der Waals surface area contributed by atoms with Gasteiger partial charge in [0.15, 0.2) is 0 Å². The van der Waals surface area contributed by atoms with Gasteiger partial charge in [0.1, 0.15) is 17.2 Å². The van der Waals surface area contributed by atoms with E-state index in [0.29, 0.717) is 10.9 Å². The molecule has 1 aliphatic rings. The SMILES string of the molecule is CCN(CC)C(=S)Oc1ccc2c(c1)Oc1ccccc1S2. The van der Waals surface area contributed by atoms with Gasteiger partial charge in [-0.1, -0.05) is 23.9 Å². The summed E-state index contributed by atoms with van der Waals surface area (Å²) in [6.07, 6.45) is 0. The molecule has 0 aromatic heterocycles. The topological polar surface area (TPSA) is 21.7 Å². The lowest BCUT2D eigenvalue weighted by molar-refractivity contribution is 0.376. The predicted molar refractivity (Wildman–Crippen MR) is 93.2 cm³/mol. The molecular weight excluding hydrogens is 314 g/mol. The number of hydrogen-bond acceptors (Lipinski definition) is 4. The van der Waals surface area contributed by atoms with Crippen molar-refractivity contribution in [2.24, 2.45) is 0 Å². The Bertz CT molecular complexity index is 699. The first kappa shape index (κ1) is 15.2. The molecule has 0 radical (unpaired) electrons. The van der Waals surface area contributed by atoms with Crippen LogP contribution >= 0.6 is 24.0 Å². The number of para-hydroxylation sites is 1. The lowest BCUT2D eigenvalue weighted by Crippen LogP contribution is -2.32. The van der Waals surface area contributed by atoms with Crippen molar-refractivity contribution in [2.75, 3.05) is 13.1 Å². The fraction of sp³-hybridized carbons (Fsp3) is 0.235. The van der Waals surface area contributed by atoms with Gasteiger partial charge in [0.25, 0.3) is 5.17 Å². The van der Waals surface area contributed by atoms with Crippen LogP contribution in [0.4, 0.5) is 0 Å². The molecule has 114 valence electrons. The van der Waals surface area contributed by atoms with Crippen LogP contribution in [-0.4, -0.2) is 23.2 Å². The van der Waals surface area contributed by atoms with E-state index in [4.69, 9.17) is 21.7 Å². The van der Waals surface area contributed by atoms with E-state index in [1.165, 1.54) is 0 Å². The molecule has 0 aliphatic carbocycles. The molecule has 0 unspecified atom stereocenters. The van der Waals surface area contributed by atoms with Gasteiger partial charge in [-0.15, -0.1) is 0 Å². The highest BCUT2D eigenvalue weighted by molar-refractivity contribution is 7.99. The van der Waals surface area contributed by atoms with Crippen molar-refractivity contribution in [3.05, 3.63) is 42.5 Å². The lowest BCUT2D eigenvalue weighted by Gasteiger charge is -2.23. The zero-order valence-corrected chi connectivity index (χ0v) is 14.2. The molecular formula is C17H17NO2S2. The monoisotopic (exact) mass is 331 g/mol. The third-order valence-electron chi connectivity index (χ3n) is 3.43. The summed E-state index contributed by atoms with van der Waals surface area (Å²) in [5.41, 5.74) is 0. The van der Waals surface area contributed by atoms with Crippen molar-refractivity contribution in [1.82, 2.24) is 4.90 Å². The number of fused-ring (bicyclic) bond motifs is 2. The second kappa shape index (κ2) is 6.58. The average Bonchev–Trinajstić information content (AvgIpc) is 2.54. The van der Waals surface area contributed by atoms with Crippen LogP contribution < -0.4 is 9.47 Å². The summed E-state index contributed by atoms with van der Waals surface area (Å²) in [6, 6.07) is 13.9. The van der Waals surface area contributed by atoms with Crippen LogP contribution in [0.15, 0.2) is 52.3 Å². The Hall–Kier alpha value is -1.72. The first-order valence-electron chi connectivity index (χ1n) is 7.26. The van der Waals surface area contributed by atoms with Crippen LogP contribution in [0.25, 0.3) is 0 Å². The summed E-state index contributed by atoms with van der Waals surface area (Å²) in [5, 5.41) is 0.494. The molecule has 2 aromatic rings. The minimum absolute atomic E-state index is 0.494. The van der Waals surface area contributed by atoms with E-state index in [2.05, 4.69) is 19.9 Å². The normalized spacial score (nSPS) is 11.9. The molecule has 0 spiro atoms. The van der Waals surface area contributed by atoms with Gasteiger partial charge >= 0.3 is 0 Å². The molecule has 0 amide bonds. The second-order valence-corrected chi connectivity index (χ2v) is 6.23. The van der Waals surface area contributed by atoms with Gasteiger partial charge in [0.2, 0.25) is 0 Å². The molecule has 0 atom stereocenters. The van der Waals surface area contributed by atoms with Crippen LogP contribution in [0.2, 0.25) is 0 Å². The predicted octanol–water partition coefficient (Wildman–Crippen LogP) is 4.95. The largest absolute Gasteiger partial charge is 0.455 e. The van der Waals surface area contributed by atoms with Gasteiger partial charge in [-0.2, -0.15) is 0 Å². The highest BCUT2D eigenvalue weighted by Crippen LogP contribution is 2.47. The smallest absolute Gasteiger partial charge is 0.264 e. The van der Waals surface area contributed by atoms with Crippen molar-refractivity contribution in [3.63, 3.8) is 0 Å². The average molecular weight is 331 g/mol. The molecule has 0 fully saturated rings. The van der Waals surface area contributed by atoms with Gasteiger partial charge < -0.3 is 14.4 Å². The molecule has 0 bridgehead atoms. The molecule has 1 aliphatic heterocycles. The van der Waals surface area contributed by atoms with E-state index in [-0.39, 0.29) is 0 Å². The summed E-state index contributed by atoms with van der Waals surface area (Å²) in [7, 11) is 0. The van der Waals surface area contributed by atoms with Crippen LogP contribution in [-0.2, 0) is 0 Å². The van der Waals surface area contributed by atoms with Gasteiger partial charge in [-0.3, -0.25) is 0 Å². The summed E-state index contributed by atoms with van der Waals surface area (Å²) in [6.45, 7) is 5.78. The number of ether oxygens (including phenoxy) is 2. The lowest BCUT2D eigenvalue weighted by atomic mass is 10.3. The fourth-order valence-electron chi connectivity index (χ4n) is 2.22. The standard InChI is InChI=1S/C17H17NO2S2/c1-3-18(4-2)17(21)19-12-9-10-16-14(11-12)20-13-7-5-6-8-15(13)22-16/h5-11H,3-4H2,1-2H3. The van der Waals surface area contributed by atoms with E-state index < -0.39 is 0 Å². The molecule has 22 heavy (non-hydrogen) atoms. The highest BCUT2D eigenvalue weighted by Gasteiger charge is 2.18. The van der Waals surface area contributed by atoms with Gasteiger partial charge in [0, 0.05) is 19.2 Å². The van der Waals surface area contributed by atoms with Crippen LogP contribution in [0, 0.1) is 0 Å². The van der Waals surface area contributed by atoms with Crippen molar-refractivity contribution in [2.45, 2.75) is 23.6 Å². The zero-order valence-electron chi connectivity index (χ0n) is 12.5. The molecule has 0 saturated heterocycles. The molecule has 2 aromatic carbocycles. The van der Waals surface area contributed by atoms with E-state index in [1.54, 1.807) is 11.8 Å². The van der Waals surface area contributed by atoms with Gasteiger partial charge in [0.05, 0.1) is 9.79 Å². The highest BCUT2D eigenvalue weighted by atomic mass is 32.2. The Morgan fingerprint density at radius 3 is 2.59 bits per heavy atom. The number of hydrogen-bond donors (Lipinski definition) is 0. The number of nitrogens with zero attached hydrogens (tertiary/aromatic N) is 1. The molecule has 1 heterocycles. The third kappa shape index (κ3) is 3.05. The Morgan fingerprint density at radius 1 is 1.09 bits per heavy atom. The van der Waals surface area contributed by atoms with Crippen molar-refractivity contribution in [3.8, 4) is 17.2 Å². The molecule has 5 heteroatoms. The number of thiocarbonyl (C=S) groups is 1. The minimum Gasteiger partial charge on any atom is -0.455 e. The fourth-order valence-corrected chi connectivity index (χ4v) is 3.50. The molecule has 0 saturated carbocycles. The van der Waals surface area contributed by atoms with Crippen LogP contribution in [0.5, 0.6) is 17.2 Å². The first-order valence-corrected chi connectivity index (χ1v) is 8.49. The van der Waals surface area contributed by atoms with E-state index in [9.17, 15) is 0 Å². The van der Waals surface area contributed by atoms with Gasteiger partial charge in [-0.05, 0) is 50.3 Å². The summed E-state index contributed by atoms with van der Waals surface area (Å²) < 4.78 is 11.7. The third-order valence-corrected chi connectivity index (χ3v) is 4.89.